The molecule has 1 aromatic heterocycles. The summed E-state index contributed by atoms with van der Waals surface area (Å²) < 4.78 is 30.0. The zero-order chi connectivity index (χ0) is 22.7. The minimum absolute atomic E-state index is 0.268. The van der Waals surface area contributed by atoms with Gasteiger partial charge in [0.2, 0.25) is 0 Å². The maximum atomic E-state index is 12.7. The van der Waals surface area contributed by atoms with Gasteiger partial charge in [-0.25, -0.2) is 8.42 Å². The van der Waals surface area contributed by atoms with Crippen molar-refractivity contribution in [3.05, 3.63) is 85.2 Å². The molecule has 0 aliphatic heterocycles. The van der Waals surface area contributed by atoms with E-state index in [9.17, 15) is 13.2 Å². The van der Waals surface area contributed by atoms with Crippen molar-refractivity contribution < 1.29 is 17.9 Å². The molecule has 32 heavy (non-hydrogen) atoms. The summed E-state index contributed by atoms with van der Waals surface area (Å²) in [5.74, 6) is 0.320. The minimum Gasteiger partial charge on any atom is -0.480 e. The van der Waals surface area contributed by atoms with Crippen LogP contribution in [0.1, 0.15) is 6.92 Å². The molecule has 1 unspecified atom stereocenters. The van der Waals surface area contributed by atoms with Gasteiger partial charge in [-0.05, 0) is 42.8 Å². The predicted molar refractivity (Wildman–Crippen MR) is 125 cm³/mol. The molecule has 162 valence electrons. The number of amides is 1. The molecule has 0 fully saturated rings. The number of sulfone groups is 1. The molecule has 0 radical (unpaired) electrons. The van der Waals surface area contributed by atoms with Crippen LogP contribution in [0, 0.1) is 0 Å². The third-order valence-electron chi connectivity index (χ3n) is 5.06. The first-order valence-electron chi connectivity index (χ1n) is 10.0. The van der Waals surface area contributed by atoms with Gasteiger partial charge < -0.3 is 10.1 Å². The molecule has 1 atom stereocenters. The van der Waals surface area contributed by atoms with Gasteiger partial charge in [-0.15, -0.1) is 0 Å². The lowest BCUT2D eigenvalue weighted by Crippen LogP contribution is -2.30. The van der Waals surface area contributed by atoms with E-state index >= 15 is 0 Å². The Labute approximate surface area is 186 Å². The third kappa shape index (κ3) is 4.63. The molecule has 0 spiro atoms. The van der Waals surface area contributed by atoms with E-state index in [1.54, 1.807) is 67.8 Å². The van der Waals surface area contributed by atoms with Gasteiger partial charge in [0.1, 0.15) is 5.75 Å². The van der Waals surface area contributed by atoms with E-state index in [0.29, 0.717) is 17.0 Å². The van der Waals surface area contributed by atoms with Crippen LogP contribution in [0.2, 0.25) is 0 Å². The first-order valence-corrected chi connectivity index (χ1v) is 11.9. The van der Waals surface area contributed by atoms with Crippen LogP contribution in [0.3, 0.4) is 0 Å². The molecule has 1 amide bonds. The zero-order valence-electron chi connectivity index (χ0n) is 17.6. The highest BCUT2D eigenvalue weighted by Gasteiger charge is 2.17. The summed E-state index contributed by atoms with van der Waals surface area (Å²) in [4.78, 5) is 17.0. The Bertz CT molecular complexity index is 1380. The Hall–Kier alpha value is -3.71. The molecule has 0 aliphatic rings. The van der Waals surface area contributed by atoms with E-state index in [0.717, 1.165) is 16.3 Å². The molecule has 0 saturated carbocycles. The van der Waals surface area contributed by atoms with E-state index in [2.05, 4.69) is 10.3 Å². The molecule has 7 heteroatoms. The number of pyridine rings is 1. The molecular formula is C25H22N2O4S. The number of hydrogen-bond donors (Lipinski definition) is 1. The lowest BCUT2D eigenvalue weighted by Gasteiger charge is -2.16. The molecule has 3 aromatic carbocycles. The zero-order valence-corrected chi connectivity index (χ0v) is 18.5. The summed E-state index contributed by atoms with van der Waals surface area (Å²) in [7, 11) is -3.36. The highest BCUT2D eigenvalue weighted by atomic mass is 32.2. The second-order valence-corrected chi connectivity index (χ2v) is 9.43. The smallest absolute Gasteiger partial charge is 0.265 e. The number of aromatic nitrogens is 1. The Morgan fingerprint density at radius 1 is 0.969 bits per heavy atom. The van der Waals surface area contributed by atoms with Gasteiger partial charge in [-0.3, -0.25) is 9.78 Å². The van der Waals surface area contributed by atoms with E-state index < -0.39 is 15.9 Å². The largest absolute Gasteiger partial charge is 0.480 e. The van der Waals surface area contributed by atoms with Gasteiger partial charge in [0.25, 0.3) is 5.91 Å². The summed E-state index contributed by atoms with van der Waals surface area (Å²) >= 11 is 0. The highest BCUT2D eigenvalue weighted by Crippen LogP contribution is 2.29. The second-order valence-electron chi connectivity index (χ2n) is 7.45. The van der Waals surface area contributed by atoms with Crippen molar-refractivity contribution in [2.24, 2.45) is 0 Å². The summed E-state index contributed by atoms with van der Waals surface area (Å²) in [5.41, 5.74) is 1.96. The van der Waals surface area contributed by atoms with E-state index in [-0.39, 0.29) is 10.8 Å². The van der Waals surface area contributed by atoms with Crippen LogP contribution in [0.5, 0.6) is 5.75 Å². The predicted octanol–water partition coefficient (Wildman–Crippen LogP) is 4.71. The standard InChI is InChI=1S/C25H22N2O4S/c1-17(31-23-8-5-6-19-16-26-15-14-21(19)23)25(28)27-20-12-10-18(11-13-20)22-7-3-4-9-24(22)32(2,29)30/h3-17H,1-2H3,(H,27,28). The number of anilines is 1. The van der Waals surface area contributed by atoms with Crippen LogP contribution in [0.25, 0.3) is 21.9 Å². The average molecular weight is 447 g/mol. The van der Waals surface area contributed by atoms with Gasteiger partial charge >= 0.3 is 0 Å². The van der Waals surface area contributed by atoms with Gasteiger partial charge in [0.05, 0.1) is 4.90 Å². The van der Waals surface area contributed by atoms with E-state index in [1.165, 1.54) is 6.26 Å². The maximum absolute atomic E-state index is 12.7. The van der Waals surface area contributed by atoms with Crippen molar-refractivity contribution in [1.29, 1.82) is 0 Å². The quantitative estimate of drug-likeness (QED) is 0.464. The number of carbonyl (C=O) groups excluding carboxylic acids is 1. The first kappa shape index (κ1) is 21.5. The van der Waals surface area contributed by atoms with Gasteiger partial charge in [-0.1, -0.05) is 42.5 Å². The van der Waals surface area contributed by atoms with Gasteiger partial charge in [0.15, 0.2) is 15.9 Å². The fourth-order valence-electron chi connectivity index (χ4n) is 3.45. The number of ether oxygens (including phenoxy) is 1. The van der Waals surface area contributed by atoms with Gasteiger partial charge in [0, 0.05) is 40.7 Å². The Kier molecular flexibility index (Phi) is 5.92. The average Bonchev–Trinajstić information content (AvgIpc) is 2.79. The summed E-state index contributed by atoms with van der Waals surface area (Å²) in [6, 6.07) is 21.3. The van der Waals surface area contributed by atoms with Crippen LogP contribution in [-0.4, -0.2) is 31.7 Å². The molecule has 6 nitrogen and oxygen atoms in total. The van der Waals surface area contributed by atoms with Gasteiger partial charge in [-0.2, -0.15) is 0 Å². The maximum Gasteiger partial charge on any atom is 0.265 e. The molecule has 4 rings (SSSR count). The molecule has 1 heterocycles. The van der Waals surface area contributed by atoms with Crippen molar-refractivity contribution in [2.75, 3.05) is 11.6 Å². The van der Waals surface area contributed by atoms with E-state index in [1.807, 2.05) is 24.3 Å². The number of hydrogen-bond acceptors (Lipinski definition) is 5. The monoisotopic (exact) mass is 446 g/mol. The Morgan fingerprint density at radius 3 is 2.47 bits per heavy atom. The SMILES string of the molecule is CC(Oc1cccc2cnccc12)C(=O)Nc1ccc(-c2ccccc2S(C)(=O)=O)cc1. The number of benzene rings is 3. The van der Waals surface area contributed by atoms with Crippen LogP contribution in [-0.2, 0) is 14.6 Å². The van der Waals surface area contributed by atoms with Crippen molar-refractivity contribution in [2.45, 2.75) is 17.9 Å². The molecule has 0 saturated heterocycles. The van der Waals surface area contributed by atoms with Crippen molar-refractivity contribution >= 4 is 32.2 Å². The van der Waals surface area contributed by atoms with Crippen LogP contribution >= 0.6 is 0 Å². The number of nitrogens with one attached hydrogen (secondary N) is 1. The van der Waals surface area contributed by atoms with E-state index in [4.69, 9.17) is 4.74 Å². The molecule has 0 bridgehead atoms. The number of nitrogens with zero attached hydrogens (tertiary/aromatic N) is 1. The Balaban J connectivity index is 1.49. The number of fused-ring (bicyclic) bond motifs is 1. The summed E-state index contributed by atoms with van der Waals surface area (Å²) in [6.45, 7) is 1.69. The lowest BCUT2D eigenvalue weighted by atomic mass is 10.1. The Morgan fingerprint density at radius 2 is 1.72 bits per heavy atom. The molecule has 0 aliphatic carbocycles. The van der Waals surface area contributed by atoms with Crippen molar-refractivity contribution in [1.82, 2.24) is 4.98 Å². The lowest BCUT2D eigenvalue weighted by molar-refractivity contribution is -0.122. The molecular weight excluding hydrogens is 424 g/mol. The first-order chi connectivity index (χ1) is 15.3. The fraction of sp³-hybridized carbons (Fsp3) is 0.120. The minimum atomic E-state index is -3.36. The van der Waals surface area contributed by atoms with Crippen LogP contribution < -0.4 is 10.1 Å². The number of rotatable bonds is 6. The van der Waals surface area contributed by atoms with Crippen LogP contribution in [0.15, 0.2) is 90.1 Å². The van der Waals surface area contributed by atoms with Crippen molar-refractivity contribution in [3.8, 4) is 16.9 Å². The summed E-state index contributed by atoms with van der Waals surface area (Å²) in [6.07, 6.45) is 3.90. The second kappa shape index (κ2) is 8.80. The molecule has 4 aromatic rings. The topological polar surface area (TPSA) is 85.4 Å². The molecule has 1 N–H and O–H groups in total. The number of carbonyl (C=O) groups is 1. The third-order valence-corrected chi connectivity index (χ3v) is 6.22. The normalized spacial score (nSPS) is 12.3. The van der Waals surface area contributed by atoms with Crippen molar-refractivity contribution in [3.63, 3.8) is 0 Å². The fourth-order valence-corrected chi connectivity index (χ4v) is 4.36. The van der Waals surface area contributed by atoms with Crippen LogP contribution in [0.4, 0.5) is 5.69 Å². The summed E-state index contributed by atoms with van der Waals surface area (Å²) in [5, 5.41) is 4.66. The highest BCUT2D eigenvalue weighted by molar-refractivity contribution is 7.90.